The Hall–Kier alpha value is -2.33. The van der Waals surface area contributed by atoms with Crippen LogP contribution in [0.4, 0.5) is 10.2 Å². The molecule has 0 fully saturated rings. The molecule has 1 heterocycles. The largest absolute Gasteiger partial charge is 0.380 e. The van der Waals surface area contributed by atoms with E-state index in [0.717, 1.165) is 5.56 Å². The summed E-state index contributed by atoms with van der Waals surface area (Å²) >= 11 is 5.98. The van der Waals surface area contributed by atoms with E-state index in [1.54, 1.807) is 36.4 Å². The molecule has 0 radical (unpaired) electrons. The summed E-state index contributed by atoms with van der Waals surface area (Å²) in [7, 11) is 0. The van der Waals surface area contributed by atoms with Crippen molar-refractivity contribution in [2.45, 2.75) is 0 Å². The summed E-state index contributed by atoms with van der Waals surface area (Å²) in [6.45, 7) is 0. The second-order valence-corrected chi connectivity index (χ2v) is 4.70. The number of anilines is 1. The molecule has 1 aromatic heterocycles. The number of halogens is 2. The topological polar surface area (TPSA) is 52.0 Å². The Bertz CT molecular complexity index is 770. The molecule has 0 saturated carbocycles. The van der Waals surface area contributed by atoms with Crippen LogP contribution in [0.2, 0.25) is 5.02 Å². The van der Waals surface area contributed by atoms with Crippen molar-refractivity contribution < 1.29 is 8.91 Å². The Morgan fingerprint density at radius 1 is 1.10 bits per heavy atom. The van der Waals surface area contributed by atoms with E-state index >= 15 is 0 Å². The van der Waals surface area contributed by atoms with E-state index in [-0.39, 0.29) is 5.82 Å². The SMILES string of the molecule is Nc1noc(-c2ccccc2F)c1-c1cccc(Cl)c1. The van der Waals surface area contributed by atoms with Crippen LogP contribution >= 0.6 is 11.6 Å². The van der Waals surface area contributed by atoms with Gasteiger partial charge in [-0.2, -0.15) is 0 Å². The van der Waals surface area contributed by atoms with Crippen LogP contribution < -0.4 is 5.73 Å². The van der Waals surface area contributed by atoms with Gasteiger partial charge in [0.2, 0.25) is 0 Å². The van der Waals surface area contributed by atoms with Gasteiger partial charge >= 0.3 is 0 Å². The molecule has 0 aliphatic heterocycles. The molecule has 0 aliphatic rings. The Kier molecular flexibility index (Phi) is 3.16. The molecule has 0 aliphatic carbocycles. The third kappa shape index (κ3) is 2.14. The Morgan fingerprint density at radius 2 is 1.90 bits per heavy atom. The average Bonchev–Trinajstić information content (AvgIpc) is 2.81. The molecule has 100 valence electrons. The fourth-order valence-corrected chi connectivity index (χ4v) is 2.24. The minimum Gasteiger partial charge on any atom is -0.380 e. The molecule has 5 heteroatoms. The van der Waals surface area contributed by atoms with E-state index in [4.69, 9.17) is 21.9 Å². The lowest BCUT2D eigenvalue weighted by molar-refractivity contribution is 0.433. The van der Waals surface area contributed by atoms with Crippen molar-refractivity contribution in [3.63, 3.8) is 0 Å². The van der Waals surface area contributed by atoms with Gasteiger partial charge in [0.15, 0.2) is 11.6 Å². The normalized spacial score (nSPS) is 10.7. The van der Waals surface area contributed by atoms with Crippen molar-refractivity contribution in [2.24, 2.45) is 0 Å². The van der Waals surface area contributed by atoms with E-state index in [2.05, 4.69) is 5.16 Å². The molecule has 3 rings (SSSR count). The van der Waals surface area contributed by atoms with Gasteiger partial charge in [0.05, 0.1) is 11.1 Å². The van der Waals surface area contributed by atoms with Crippen LogP contribution in [0.1, 0.15) is 0 Å². The number of hydrogen-bond acceptors (Lipinski definition) is 3. The van der Waals surface area contributed by atoms with Crippen molar-refractivity contribution in [1.82, 2.24) is 5.16 Å². The highest BCUT2D eigenvalue weighted by molar-refractivity contribution is 6.30. The number of nitrogen functional groups attached to an aromatic ring is 1. The number of hydrogen-bond donors (Lipinski definition) is 1. The zero-order valence-corrected chi connectivity index (χ0v) is 11.1. The minimum absolute atomic E-state index is 0.200. The number of nitrogens with two attached hydrogens (primary N) is 1. The lowest BCUT2D eigenvalue weighted by Gasteiger charge is -2.04. The molecule has 20 heavy (non-hydrogen) atoms. The first-order valence-corrected chi connectivity index (χ1v) is 6.30. The number of rotatable bonds is 2. The molecule has 0 spiro atoms. The predicted molar refractivity (Wildman–Crippen MR) is 76.8 cm³/mol. The highest BCUT2D eigenvalue weighted by atomic mass is 35.5. The third-order valence-electron chi connectivity index (χ3n) is 2.95. The molecule has 2 aromatic carbocycles. The van der Waals surface area contributed by atoms with E-state index in [1.807, 2.05) is 6.07 Å². The van der Waals surface area contributed by atoms with Crippen LogP contribution in [-0.4, -0.2) is 5.16 Å². The minimum atomic E-state index is -0.396. The first kappa shape index (κ1) is 12.7. The number of benzene rings is 2. The quantitative estimate of drug-likeness (QED) is 0.761. The zero-order chi connectivity index (χ0) is 14.1. The lowest BCUT2D eigenvalue weighted by Crippen LogP contribution is -1.90. The molecule has 0 amide bonds. The molecule has 0 unspecified atom stereocenters. The van der Waals surface area contributed by atoms with Crippen LogP contribution in [0.5, 0.6) is 0 Å². The van der Waals surface area contributed by atoms with Crippen molar-refractivity contribution in [1.29, 1.82) is 0 Å². The fourth-order valence-electron chi connectivity index (χ4n) is 2.05. The standard InChI is InChI=1S/C15H10ClFN2O/c16-10-5-3-4-9(8-10)13-14(20-19-15(13)18)11-6-1-2-7-12(11)17/h1-8H,(H2,18,19). The summed E-state index contributed by atoms with van der Waals surface area (Å²) in [5, 5.41) is 4.29. The highest BCUT2D eigenvalue weighted by Crippen LogP contribution is 2.38. The van der Waals surface area contributed by atoms with Crippen LogP contribution in [0.3, 0.4) is 0 Å². The summed E-state index contributed by atoms with van der Waals surface area (Å²) in [5.74, 6) is 0.0975. The maximum atomic E-state index is 13.9. The summed E-state index contributed by atoms with van der Waals surface area (Å²) in [6.07, 6.45) is 0. The Balaban J connectivity index is 2.23. The lowest BCUT2D eigenvalue weighted by atomic mass is 10.0. The summed E-state index contributed by atoms with van der Waals surface area (Å²) in [5.41, 5.74) is 7.42. The van der Waals surface area contributed by atoms with Gasteiger partial charge in [-0.1, -0.05) is 41.0 Å². The smallest absolute Gasteiger partial charge is 0.179 e. The predicted octanol–water partition coefficient (Wildman–Crippen LogP) is 4.38. The van der Waals surface area contributed by atoms with Crippen molar-refractivity contribution in [3.05, 3.63) is 59.4 Å². The Labute approximate surface area is 119 Å². The van der Waals surface area contributed by atoms with Gasteiger partial charge in [-0.15, -0.1) is 0 Å². The molecular weight excluding hydrogens is 279 g/mol. The highest BCUT2D eigenvalue weighted by Gasteiger charge is 2.20. The van der Waals surface area contributed by atoms with Gasteiger partial charge < -0.3 is 10.3 Å². The van der Waals surface area contributed by atoms with Gasteiger partial charge in [-0.3, -0.25) is 0 Å². The average molecular weight is 289 g/mol. The molecular formula is C15H10ClFN2O. The molecule has 0 saturated heterocycles. The van der Waals surface area contributed by atoms with Gasteiger partial charge in [0.25, 0.3) is 0 Å². The Morgan fingerprint density at radius 3 is 2.65 bits per heavy atom. The molecule has 3 aromatic rings. The van der Waals surface area contributed by atoms with E-state index in [0.29, 0.717) is 21.9 Å². The summed E-state index contributed by atoms with van der Waals surface area (Å²) < 4.78 is 19.1. The van der Waals surface area contributed by atoms with Crippen LogP contribution in [0.15, 0.2) is 53.1 Å². The van der Waals surface area contributed by atoms with E-state index < -0.39 is 5.82 Å². The van der Waals surface area contributed by atoms with E-state index in [9.17, 15) is 4.39 Å². The molecule has 0 atom stereocenters. The van der Waals surface area contributed by atoms with Crippen molar-refractivity contribution in [3.8, 4) is 22.5 Å². The van der Waals surface area contributed by atoms with Crippen molar-refractivity contribution in [2.75, 3.05) is 5.73 Å². The fraction of sp³-hybridized carbons (Fsp3) is 0. The summed E-state index contributed by atoms with van der Waals surface area (Å²) in [4.78, 5) is 0. The van der Waals surface area contributed by atoms with Gasteiger partial charge in [-0.05, 0) is 29.8 Å². The number of nitrogens with zero attached hydrogens (tertiary/aromatic N) is 1. The molecule has 0 bridgehead atoms. The maximum Gasteiger partial charge on any atom is 0.179 e. The third-order valence-corrected chi connectivity index (χ3v) is 3.19. The van der Waals surface area contributed by atoms with E-state index in [1.165, 1.54) is 6.07 Å². The first-order valence-electron chi connectivity index (χ1n) is 5.93. The second-order valence-electron chi connectivity index (χ2n) is 4.26. The van der Waals surface area contributed by atoms with Gasteiger partial charge in [0.1, 0.15) is 5.82 Å². The second kappa shape index (κ2) is 4.98. The molecule has 2 N–H and O–H groups in total. The number of aromatic nitrogens is 1. The van der Waals surface area contributed by atoms with Crippen LogP contribution in [0, 0.1) is 5.82 Å². The van der Waals surface area contributed by atoms with Crippen LogP contribution in [-0.2, 0) is 0 Å². The van der Waals surface area contributed by atoms with Crippen LogP contribution in [0.25, 0.3) is 22.5 Å². The van der Waals surface area contributed by atoms with Gasteiger partial charge in [0, 0.05) is 5.02 Å². The molecule has 3 nitrogen and oxygen atoms in total. The summed E-state index contributed by atoms with van der Waals surface area (Å²) in [6, 6.07) is 13.4. The first-order chi connectivity index (χ1) is 9.66. The zero-order valence-electron chi connectivity index (χ0n) is 10.3. The maximum absolute atomic E-state index is 13.9. The van der Waals surface area contributed by atoms with Crippen molar-refractivity contribution >= 4 is 17.4 Å². The monoisotopic (exact) mass is 288 g/mol. The van der Waals surface area contributed by atoms with Gasteiger partial charge in [-0.25, -0.2) is 4.39 Å².